The zero-order valence-corrected chi connectivity index (χ0v) is 10.9. The third kappa shape index (κ3) is 2.05. The van der Waals surface area contributed by atoms with Gasteiger partial charge in [-0.2, -0.15) is 0 Å². The van der Waals surface area contributed by atoms with Gasteiger partial charge >= 0.3 is 0 Å². The van der Waals surface area contributed by atoms with Crippen molar-refractivity contribution in [3.8, 4) is 0 Å². The summed E-state index contributed by atoms with van der Waals surface area (Å²) in [5.41, 5.74) is 0.869. The molecule has 1 atom stereocenters. The first-order valence-corrected chi connectivity index (χ1v) is 6.95. The Kier molecular flexibility index (Phi) is 3.12. The first-order chi connectivity index (χ1) is 8.75. The zero-order chi connectivity index (χ0) is 12.5. The molecule has 1 amide bonds. The van der Waals surface area contributed by atoms with Gasteiger partial charge in [0.15, 0.2) is 0 Å². The summed E-state index contributed by atoms with van der Waals surface area (Å²) in [6.07, 6.45) is 5.78. The molecular weight excluding hydrogens is 226 g/mol. The van der Waals surface area contributed by atoms with E-state index in [2.05, 4.69) is 23.0 Å². The van der Waals surface area contributed by atoms with Crippen molar-refractivity contribution >= 4 is 5.91 Å². The van der Waals surface area contributed by atoms with Gasteiger partial charge in [-0.1, -0.05) is 0 Å². The van der Waals surface area contributed by atoms with Crippen molar-refractivity contribution in [3.63, 3.8) is 0 Å². The number of aromatic nitrogens is 1. The van der Waals surface area contributed by atoms with Crippen molar-refractivity contribution in [3.05, 3.63) is 24.0 Å². The molecule has 1 unspecified atom stereocenters. The maximum atomic E-state index is 12.5. The van der Waals surface area contributed by atoms with Crippen LogP contribution in [0.3, 0.4) is 0 Å². The van der Waals surface area contributed by atoms with Gasteiger partial charge in [-0.15, -0.1) is 0 Å². The Balaban J connectivity index is 1.77. The van der Waals surface area contributed by atoms with E-state index in [-0.39, 0.29) is 5.91 Å². The second-order valence-electron chi connectivity index (χ2n) is 5.49. The minimum atomic E-state index is 0.195. The van der Waals surface area contributed by atoms with Crippen LogP contribution in [0.25, 0.3) is 0 Å². The molecule has 1 N–H and O–H groups in total. The lowest BCUT2D eigenvalue weighted by Crippen LogP contribution is -2.51. The molecule has 1 saturated carbocycles. The SMILES string of the molecule is CC1CN(C(=O)c2cccn2C2CCC2)CCN1. The largest absolute Gasteiger partial charge is 0.340 e. The highest BCUT2D eigenvalue weighted by Gasteiger charge is 2.27. The van der Waals surface area contributed by atoms with Gasteiger partial charge in [0.2, 0.25) is 0 Å². The lowest BCUT2D eigenvalue weighted by atomic mass is 9.93. The van der Waals surface area contributed by atoms with Crippen LogP contribution >= 0.6 is 0 Å². The van der Waals surface area contributed by atoms with Crippen LogP contribution in [0.1, 0.15) is 42.7 Å². The van der Waals surface area contributed by atoms with Crippen LogP contribution in [0, 0.1) is 0 Å². The number of carbonyl (C=O) groups is 1. The van der Waals surface area contributed by atoms with Gasteiger partial charge in [0.1, 0.15) is 5.69 Å². The third-order valence-electron chi connectivity index (χ3n) is 4.12. The van der Waals surface area contributed by atoms with Gasteiger partial charge in [-0.25, -0.2) is 0 Å². The molecule has 4 nitrogen and oxygen atoms in total. The molecule has 98 valence electrons. The average molecular weight is 247 g/mol. The number of piperazine rings is 1. The molecule has 1 saturated heterocycles. The fraction of sp³-hybridized carbons (Fsp3) is 0.643. The number of nitrogens with zero attached hydrogens (tertiary/aromatic N) is 2. The molecule has 0 radical (unpaired) electrons. The van der Waals surface area contributed by atoms with Gasteiger partial charge < -0.3 is 14.8 Å². The monoisotopic (exact) mass is 247 g/mol. The number of nitrogens with one attached hydrogen (secondary N) is 1. The van der Waals surface area contributed by atoms with Crippen molar-refractivity contribution in [1.82, 2.24) is 14.8 Å². The van der Waals surface area contributed by atoms with E-state index in [4.69, 9.17) is 0 Å². The predicted molar refractivity (Wildman–Crippen MR) is 70.7 cm³/mol. The van der Waals surface area contributed by atoms with E-state index >= 15 is 0 Å². The Hall–Kier alpha value is -1.29. The molecule has 3 rings (SSSR count). The highest BCUT2D eigenvalue weighted by molar-refractivity contribution is 5.93. The molecule has 1 aromatic rings. The Labute approximate surface area is 108 Å². The van der Waals surface area contributed by atoms with E-state index in [1.807, 2.05) is 17.0 Å². The van der Waals surface area contributed by atoms with Crippen molar-refractivity contribution in [2.75, 3.05) is 19.6 Å². The predicted octanol–water partition coefficient (Wildman–Crippen LogP) is 1.65. The summed E-state index contributed by atoms with van der Waals surface area (Å²) in [6, 6.07) is 4.92. The lowest BCUT2D eigenvalue weighted by Gasteiger charge is -2.34. The molecule has 2 aliphatic rings. The zero-order valence-electron chi connectivity index (χ0n) is 10.9. The van der Waals surface area contributed by atoms with Gasteiger partial charge in [0.25, 0.3) is 5.91 Å². The van der Waals surface area contributed by atoms with E-state index < -0.39 is 0 Å². The standard InChI is InChI=1S/C14H21N3O/c1-11-10-16(9-7-15-11)14(18)13-6-3-8-17(13)12-4-2-5-12/h3,6,8,11-12,15H,2,4-5,7,9-10H2,1H3. The molecule has 1 aromatic heterocycles. The molecule has 1 aliphatic heterocycles. The summed E-state index contributed by atoms with van der Waals surface area (Å²) in [4.78, 5) is 14.5. The second kappa shape index (κ2) is 4.76. The molecule has 2 heterocycles. The summed E-state index contributed by atoms with van der Waals surface area (Å²) in [5.74, 6) is 0.195. The summed E-state index contributed by atoms with van der Waals surface area (Å²) in [7, 11) is 0. The number of carbonyl (C=O) groups excluding carboxylic acids is 1. The fourth-order valence-electron chi connectivity index (χ4n) is 2.84. The summed E-state index contributed by atoms with van der Waals surface area (Å²) in [6.45, 7) is 4.66. The first-order valence-electron chi connectivity index (χ1n) is 6.95. The minimum Gasteiger partial charge on any atom is -0.340 e. The van der Waals surface area contributed by atoms with Crippen LogP contribution in [-0.4, -0.2) is 41.1 Å². The Morgan fingerprint density at radius 3 is 2.94 bits per heavy atom. The highest BCUT2D eigenvalue weighted by Crippen LogP contribution is 2.33. The van der Waals surface area contributed by atoms with Gasteiger partial charge in [0.05, 0.1) is 0 Å². The molecule has 0 bridgehead atoms. The second-order valence-corrected chi connectivity index (χ2v) is 5.49. The molecule has 4 heteroatoms. The molecular formula is C14H21N3O. The number of amides is 1. The minimum absolute atomic E-state index is 0.195. The van der Waals surface area contributed by atoms with Crippen molar-refractivity contribution < 1.29 is 4.79 Å². The van der Waals surface area contributed by atoms with Crippen LogP contribution < -0.4 is 5.32 Å². The topological polar surface area (TPSA) is 37.3 Å². The summed E-state index contributed by atoms with van der Waals surface area (Å²) < 4.78 is 2.18. The fourth-order valence-corrected chi connectivity index (χ4v) is 2.84. The van der Waals surface area contributed by atoms with Gasteiger partial charge in [-0.05, 0) is 38.3 Å². The summed E-state index contributed by atoms with van der Waals surface area (Å²) in [5, 5.41) is 3.37. The number of hydrogen-bond acceptors (Lipinski definition) is 2. The maximum Gasteiger partial charge on any atom is 0.270 e. The van der Waals surface area contributed by atoms with Gasteiger partial charge in [-0.3, -0.25) is 4.79 Å². The number of hydrogen-bond donors (Lipinski definition) is 1. The van der Waals surface area contributed by atoms with Crippen LogP contribution in [0.5, 0.6) is 0 Å². The molecule has 18 heavy (non-hydrogen) atoms. The van der Waals surface area contributed by atoms with Crippen molar-refractivity contribution in [1.29, 1.82) is 0 Å². The molecule has 1 aliphatic carbocycles. The van der Waals surface area contributed by atoms with Crippen LogP contribution in [0.4, 0.5) is 0 Å². The highest BCUT2D eigenvalue weighted by atomic mass is 16.2. The molecule has 0 aromatic carbocycles. The molecule has 2 fully saturated rings. The summed E-state index contributed by atoms with van der Waals surface area (Å²) >= 11 is 0. The molecule has 0 spiro atoms. The Morgan fingerprint density at radius 2 is 2.28 bits per heavy atom. The van der Waals surface area contributed by atoms with Crippen LogP contribution in [-0.2, 0) is 0 Å². The lowest BCUT2D eigenvalue weighted by molar-refractivity contribution is 0.0692. The quantitative estimate of drug-likeness (QED) is 0.862. The maximum absolute atomic E-state index is 12.5. The van der Waals surface area contributed by atoms with Crippen LogP contribution in [0.15, 0.2) is 18.3 Å². The van der Waals surface area contributed by atoms with Crippen molar-refractivity contribution in [2.24, 2.45) is 0 Å². The smallest absolute Gasteiger partial charge is 0.270 e. The van der Waals surface area contributed by atoms with Crippen LogP contribution in [0.2, 0.25) is 0 Å². The Bertz CT molecular complexity index is 436. The van der Waals surface area contributed by atoms with Crippen molar-refractivity contribution in [2.45, 2.75) is 38.3 Å². The first kappa shape index (κ1) is 11.8. The van der Waals surface area contributed by atoms with E-state index in [0.29, 0.717) is 12.1 Å². The Morgan fingerprint density at radius 1 is 1.44 bits per heavy atom. The average Bonchev–Trinajstić information content (AvgIpc) is 2.74. The van der Waals surface area contributed by atoms with Gasteiger partial charge in [0, 0.05) is 37.9 Å². The van der Waals surface area contributed by atoms with E-state index in [1.165, 1.54) is 19.3 Å². The van der Waals surface area contributed by atoms with E-state index in [1.54, 1.807) is 0 Å². The third-order valence-corrected chi connectivity index (χ3v) is 4.12. The van der Waals surface area contributed by atoms with E-state index in [9.17, 15) is 4.79 Å². The normalized spacial score (nSPS) is 24.9. The van der Waals surface area contributed by atoms with E-state index in [0.717, 1.165) is 25.3 Å². The number of rotatable bonds is 2.